The lowest BCUT2D eigenvalue weighted by atomic mass is 10.1. The number of benzene rings is 2. The number of sulfonamides is 1. The number of rotatable bonds is 6. The van der Waals surface area contributed by atoms with Crippen LogP contribution in [0.2, 0.25) is 0 Å². The Morgan fingerprint density at radius 1 is 0.958 bits per heavy atom. The van der Waals surface area contributed by atoms with Gasteiger partial charge in [0, 0.05) is 11.6 Å². The quantitative estimate of drug-likeness (QED) is 0.868. The van der Waals surface area contributed by atoms with Crippen LogP contribution in [0.25, 0.3) is 0 Å². The first-order chi connectivity index (χ1) is 11.3. The van der Waals surface area contributed by atoms with Gasteiger partial charge in [0.15, 0.2) is 0 Å². The second-order valence-electron chi connectivity index (χ2n) is 5.70. The van der Waals surface area contributed by atoms with Crippen molar-refractivity contribution < 1.29 is 17.9 Å². The summed E-state index contributed by atoms with van der Waals surface area (Å²) >= 11 is 0. The van der Waals surface area contributed by atoms with Crippen molar-refractivity contribution in [1.29, 1.82) is 0 Å². The topological polar surface area (TPSA) is 64.6 Å². The average Bonchev–Trinajstić information content (AvgIpc) is 2.56. The summed E-state index contributed by atoms with van der Waals surface area (Å²) in [6.45, 7) is 5.61. The molecule has 0 amide bonds. The summed E-state index contributed by atoms with van der Waals surface area (Å²) in [6, 6.07) is 9.92. The molecule has 0 aliphatic carbocycles. The minimum atomic E-state index is -3.64. The molecule has 0 aliphatic rings. The summed E-state index contributed by atoms with van der Waals surface area (Å²) in [5, 5.41) is 0. The van der Waals surface area contributed by atoms with E-state index in [1.54, 1.807) is 57.5 Å². The molecule has 6 heteroatoms. The molecule has 130 valence electrons. The molecule has 0 fully saturated rings. The zero-order valence-corrected chi connectivity index (χ0v) is 15.4. The van der Waals surface area contributed by atoms with Crippen molar-refractivity contribution in [2.24, 2.45) is 0 Å². The fraction of sp³-hybridized carbons (Fsp3) is 0.333. The molecule has 2 aromatic carbocycles. The van der Waals surface area contributed by atoms with Crippen molar-refractivity contribution in [3.05, 3.63) is 53.1 Å². The Labute approximate surface area is 143 Å². The maximum atomic E-state index is 12.7. The second-order valence-corrected chi connectivity index (χ2v) is 7.41. The predicted octanol–water partition coefficient (Wildman–Crippen LogP) is 3.36. The van der Waals surface area contributed by atoms with Crippen LogP contribution in [0.15, 0.2) is 41.3 Å². The van der Waals surface area contributed by atoms with E-state index in [0.717, 1.165) is 11.1 Å². The lowest BCUT2D eigenvalue weighted by molar-refractivity contribution is 0.395. The van der Waals surface area contributed by atoms with Gasteiger partial charge in [0.05, 0.1) is 19.1 Å². The summed E-state index contributed by atoms with van der Waals surface area (Å²) in [5.41, 5.74) is 2.70. The lowest BCUT2D eigenvalue weighted by Crippen LogP contribution is -2.27. The molecule has 0 saturated carbocycles. The molecule has 0 saturated heterocycles. The van der Waals surface area contributed by atoms with E-state index in [1.165, 1.54) is 0 Å². The van der Waals surface area contributed by atoms with Gasteiger partial charge >= 0.3 is 0 Å². The van der Waals surface area contributed by atoms with E-state index in [2.05, 4.69) is 4.72 Å². The third kappa shape index (κ3) is 3.88. The Morgan fingerprint density at radius 2 is 1.67 bits per heavy atom. The monoisotopic (exact) mass is 349 g/mol. The predicted molar refractivity (Wildman–Crippen MR) is 94.2 cm³/mol. The fourth-order valence-electron chi connectivity index (χ4n) is 2.42. The van der Waals surface area contributed by atoms with E-state index in [1.807, 2.05) is 13.8 Å². The standard InChI is InChI=1S/C18H23NO4S/c1-12-6-8-16(10-13(12)2)24(20,21)19-14(3)17-11-15(22-4)7-9-18(17)23-5/h6-11,14,19H,1-5H3. The molecular formula is C18H23NO4S. The highest BCUT2D eigenvalue weighted by atomic mass is 32.2. The molecule has 5 nitrogen and oxygen atoms in total. The van der Waals surface area contributed by atoms with Gasteiger partial charge in [-0.2, -0.15) is 0 Å². The van der Waals surface area contributed by atoms with E-state index >= 15 is 0 Å². The lowest BCUT2D eigenvalue weighted by Gasteiger charge is -2.18. The first kappa shape index (κ1) is 18.3. The molecule has 0 aliphatic heterocycles. The zero-order valence-electron chi connectivity index (χ0n) is 14.6. The van der Waals surface area contributed by atoms with Crippen LogP contribution in [0.3, 0.4) is 0 Å². The first-order valence-electron chi connectivity index (χ1n) is 7.60. The van der Waals surface area contributed by atoms with Crippen LogP contribution >= 0.6 is 0 Å². The maximum Gasteiger partial charge on any atom is 0.241 e. The van der Waals surface area contributed by atoms with Crippen molar-refractivity contribution >= 4 is 10.0 Å². The SMILES string of the molecule is COc1ccc(OC)c(C(C)NS(=O)(=O)c2ccc(C)c(C)c2)c1. The van der Waals surface area contributed by atoms with Crippen LogP contribution in [0.1, 0.15) is 29.7 Å². The molecule has 1 atom stereocenters. The normalized spacial score (nSPS) is 12.7. The Kier molecular flexibility index (Phi) is 5.51. The van der Waals surface area contributed by atoms with Crippen LogP contribution in [0, 0.1) is 13.8 Å². The zero-order chi connectivity index (χ0) is 17.9. The molecule has 1 N–H and O–H groups in total. The minimum Gasteiger partial charge on any atom is -0.497 e. The highest BCUT2D eigenvalue weighted by Gasteiger charge is 2.21. The second kappa shape index (κ2) is 7.23. The third-order valence-electron chi connectivity index (χ3n) is 4.02. The van der Waals surface area contributed by atoms with Gasteiger partial charge in [0.2, 0.25) is 10.0 Å². The Bertz CT molecular complexity index is 831. The van der Waals surface area contributed by atoms with Gasteiger partial charge in [-0.25, -0.2) is 13.1 Å². The summed E-state index contributed by atoms with van der Waals surface area (Å²) in [5.74, 6) is 1.24. The molecule has 0 heterocycles. The molecule has 1 unspecified atom stereocenters. The van der Waals surface area contributed by atoms with Crippen LogP contribution in [0.5, 0.6) is 11.5 Å². The first-order valence-corrected chi connectivity index (χ1v) is 9.08. The van der Waals surface area contributed by atoms with Gasteiger partial charge in [0.1, 0.15) is 11.5 Å². The summed E-state index contributed by atoms with van der Waals surface area (Å²) in [4.78, 5) is 0.249. The molecule has 0 bridgehead atoms. The van der Waals surface area contributed by atoms with Gasteiger partial charge in [0.25, 0.3) is 0 Å². The number of ether oxygens (including phenoxy) is 2. The highest BCUT2D eigenvalue weighted by molar-refractivity contribution is 7.89. The van der Waals surface area contributed by atoms with Gasteiger partial charge in [-0.15, -0.1) is 0 Å². The molecular weight excluding hydrogens is 326 g/mol. The Morgan fingerprint density at radius 3 is 2.25 bits per heavy atom. The third-order valence-corrected chi connectivity index (χ3v) is 5.56. The summed E-state index contributed by atoms with van der Waals surface area (Å²) < 4.78 is 38.5. The van der Waals surface area contributed by atoms with E-state index in [9.17, 15) is 8.42 Å². The van der Waals surface area contributed by atoms with Crippen LogP contribution in [0.4, 0.5) is 0 Å². The molecule has 0 spiro atoms. The smallest absolute Gasteiger partial charge is 0.241 e. The summed E-state index contributed by atoms with van der Waals surface area (Å²) in [7, 11) is -0.521. The van der Waals surface area contributed by atoms with E-state index < -0.39 is 16.1 Å². The van der Waals surface area contributed by atoms with E-state index in [0.29, 0.717) is 17.1 Å². The van der Waals surface area contributed by atoms with Crippen LogP contribution in [-0.4, -0.2) is 22.6 Å². The van der Waals surface area contributed by atoms with Gasteiger partial charge in [-0.3, -0.25) is 0 Å². The largest absolute Gasteiger partial charge is 0.497 e. The number of hydrogen-bond acceptors (Lipinski definition) is 4. The van der Waals surface area contributed by atoms with Crippen LogP contribution in [-0.2, 0) is 10.0 Å². The van der Waals surface area contributed by atoms with Crippen molar-refractivity contribution in [1.82, 2.24) is 4.72 Å². The number of nitrogens with one attached hydrogen (secondary N) is 1. The molecule has 0 radical (unpaired) electrons. The highest BCUT2D eigenvalue weighted by Crippen LogP contribution is 2.30. The van der Waals surface area contributed by atoms with E-state index in [4.69, 9.17) is 9.47 Å². The van der Waals surface area contributed by atoms with E-state index in [-0.39, 0.29) is 4.90 Å². The van der Waals surface area contributed by atoms with Gasteiger partial charge in [-0.05, 0) is 62.2 Å². The minimum absolute atomic E-state index is 0.249. The van der Waals surface area contributed by atoms with Crippen molar-refractivity contribution in [2.75, 3.05) is 14.2 Å². The molecule has 2 rings (SSSR count). The fourth-order valence-corrected chi connectivity index (χ4v) is 3.73. The maximum absolute atomic E-state index is 12.7. The van der Waals surface area contributed by atoms with Crippen molar-refractivity contribution in [3.8, 4) is 11.5 Å². The number of hydrogen-bond donors (Lipinski definition) is 1. The average molecular weight is 349 g/mol. The van der Waals surface area contributed by atoms with Gasteiger partial charge < -0.3 is 9.47 Å². The van der Waals surface area contributed by atoms with Crippen molar-refractivity contribution in [3.63, 3.8) is 0 Å². The molecule has 24 heavy (non-hydrogen) atoms. The molecule has 0 aromatic heterocycles. The number of aryl methyl sites for hydroxylation is 2. The van der Waals surface area contributed by atoms with Crippen molar-refractivity contribution in [2.45, 2.75) is 31.7 Å². The Balaban J connectivity index is 2.34. The number of methoxy groups -OCH3 is 2. The molecule has 2 aromatic rings. The van der Waals surface area contributed by atoms with Gasteiger partial charge in [-0.1, -0.05) is 6.07 Å². The Hall–Kier alpha value is -2.05. The van der Waals surface area contributed by atoms with Crippen LogP contribution < -0.4 is 14.2 Å². The summed E-state index contributed by atoms with van der Waals surface area (Å²) in [6.07, 6.45) is 0.